The molecule has 0 aliphatic carbocycles. The second-order valence-electron chi connectivity index (χ2n) is 3.39. The number of carboxylic acids is 1. The zero-order valence-corrected chi connectivity index (χ0v) is 9.91. The summed E-state index contributed by atoms with van der Waals surface area (Å²) >= 11 is 5.96. The number of aliphatic carboxylic acids is 1. The molecule has 3 N–H and O–H groups in total. The first kappa shape index (κ1) is 12.8. The number of nitrogens with two attached hydrogens (primary N) is 1. The second-order valence-corrected chi connectivity index (χ2v) is 3.80. The smallest absolute Gasteiger partial charge is 0.325 e. The molecule has 0 saturated heterocycles. The number of benzene rings is 1. The molecule has 0 aliphatic heterocycles. The van der Waals surface area contributed by atoms with Crippen LogP contribution in [0, 0.1) is 6.92 Å². The average Bonchev–Trinajstić information content (AvgIpc) is 2.22. The van der Waals surface area contributed by atoms with Gasteiger partial charge in [0.15, 0.2) is 0 Å². The third kappa shape index (κ3) is 2.65. The fraction of sp³-hybridized carbons (Fsp3) is 0.364. The number of hydrogen-bond acceptors (Lipinski definition) is 3. The van der Waals surface area contributed by atoms with Crippen molar-refractivity contribution in [2.24, 2.45) is 5.73 Å². The van der Waals surface area contributed by atoms with E-state index in [1.165, 1.54) is 0 Å². The molecule has 0 aromatic heterocycles. The minimum Gasteiger partial charge on any atom is -0.492 e. The van der Waals surface area contributed by atoms with Gasteiger partial charge in [-0.05, 0) is 37.1 Å². The Bertz CT molecular complexity index is 406. The van der Waals surface area contributed by atoms with Crippen molar-refractivity contribution in [1.82, 2.24) is 0 Å². The van der Waals surface area contributed by atoms with Gasteiger partial charge in [0.1, 0.15) is 11.8 Å². The molecule has 88 valence electrons. The van der Waals surface area contributed by atoms with Crippen LogP contribution in [0.5, 0.6) is 5.75 Å². The Kier molecular flexibility index (Phi) is 4.15. The topological polar surface area (TPSA) is 72.5 Å². The van der Waals surface area contributed by atoms with Gasteiger partial charge in [-0.15, -0.1) is 0 Å². The highest BCUT2D eigenvalue weighted by Gasteiger charge is 2.18. The molecular formula is C11H14ClNO3. The maximum absolute atomic E-state index is 10.8. The minimum atomic E-state index is -1.08. The standard InChI is InChI=1S/C11H14ClNO3/c1-3-16-9-4-6(2)7(5-8(9)12)10(13)11(14)15/h4-5,10H,3,13H2,1-2H3,(H,14,15). The van der Waals surface area contributed by atoms with Crippen molar-refractivity contribution in [3.8, 4) is 5.75 Å². The fourth-order valence-electron chi connectivity index (χ4n) is 1.40. The molecule has 0 saturated carbocycles. The molecule has 0 radical (unpaired) electrons. The summed E-state index contributed by atoms with van der Waals surface area (Å²) in [7, 11) is 0. The van der Waals surface area contributed by atoms with Crippen molar-refractivity contribution in [2.45, 2.75) is 19.9 Å². The number of halogens is 1. The van der Waals surface area contributed by atoms with Gasteiger partial charge in [-0.1, -0.05) is 11.6 Å². The van der Waals surface area contributed by atoms with E-state index in [9.17, 15) is 4.79 Å². The lowest BCUT2D eigenvalue weighted by Gasteiger charge is -2.13. The van der Waals surface area contributed by atoms with E-state index in [0.29, 0.717) is 22.9 Å². The van der Waals surface area contributed by atoms with Gasteiger partial charge < -0.3 is 15.6 Å². The fourth-order valence-corrected chi connectivity index (χ4v) is 1.63. The number of ether oxygens (including phenoxy) is 1. The summed E-state index contributed by atoms with van der Waals surface area (Å²) in [4.78, 5) is 10.8. The first-order chi connectivity index (χ1) is 7.47. The Morgan fingerprint density at radius 3 is 2.75 bits per heavy atom. The van der Waals surface area contributed by atoms with E-state index in [1.807, 2.05) is 6.92 Å². The molecule has 1 unspecified atom stereocenters. The summed E-state index contributed by atoms with van der Waals surface area (Å²) in [6.45, 7) is 4.13. The molecule has 0 aliphatic rings. The van der Waals surface area contributed by atoms with Crippen molar-refractivity contribution >= 4 is 17.6 Å². The Labute approximate surface area is 99.0 Å². The normalized spacial score (nSPS) is 12.2. The van der Waals surface area contributed by atoms with Crippen LogP contribution < -0.4 is 10.5 Å². The lowest BCUT2D eigenvalue weighted by atomic mass is 10.0. The first-order valence-corrected chi connectivity index (χ1v) is 5.26. The van der Waals surface area contributed by atoms with Crippen molar-refractivity contribution in [3.63, 3.8) is 0 Å². The van der Waals surface area contributed by atoms with Crippen molar-refractivity contribution in [3.05, 3.63) is 28.3 Å². The van der Waals surface area contributed by atoms with Gasteiger partial charge in [-0.2, -0.15) is 0 Å². The Morgan fingerprint density at radius 2 is 2.25 bits per heavy atom. The Balaban J connectivity index is 3.14. The van der Waals surface area contributed by atoms with Crippen LogP contribution in [0.1, 0.15) is 24.1 Å². The molecule has 5 heteroatoms. The number of carbonyl (C=O) groups is 1. The van der Waals surface area contributed by atoms with E-state index in [-0.39, 0.29) is 0 Å². The van der Waals surface area contributed by atoms with Gasteiger partial charge in [0.2, 0.25) is 0 Å². The zero-order valence-electron chi connectivity index (χ0n) is 9.16. The molecule has 0 fully saturated rings. The SMILES string of the molecule is CCOc1cc(C)c(C(N)C(=O)O)cc1Cl. The van der Waals surface area contributed by atoms with Gasteiger partial charge >= 0.3 is 5.97 Å². The van der Waals surface area contributed by atoms with Gasteiger partial charge in [0.25, 0.3) is 0 Å². The highest BCUT2D eigenvalue weighted by Crippen LogP contribution is 2.30. The van der Waals surface area contributed by atoms with Gasteiger partial charge in [0, 0.05) is 0 Å². The van der Waals surface area contributed by atoms with Crippen LogP contribution in [-0.4, -0.2) is 17.7 Å². The van der Waals surface area contributed by atoms with E-state index in [0.717, 1.165) is 5.56 Å². The molecule has 1 aromatic rings. The van der Waals surface area contributed by atoms with Crippen molar-refractivity contribution < 1.29 is 14.6 Å². The maximum atomic E-state index is 10.8. The van der Waals surface area contributed by atoms with Crippen LogP contribution in [0.2, 0.25) is 5.02 Å². The van der Waals surface area contributed by atoms with Crippen LogP contribution in [0.3, 0.4) is 0 Å². The largest absolute Gasteiger partial charge is 0.492 e. The quantitative estimate of drug-likeness (QED) is 0.850. The summed E-state index contributed by atoms with van der Waals surface area (Å²) in [5.41, 5.74) is 6.79. The number of aryl methyl sites for hydroxylation is 1. The first-order valence-electron chi connectivity index (χ1n) is 4.88. The van der Waals surface area contributed by atoms with Crippen LogP contribution >= 0.6 is 11.6 Å². The summed E-state index contributed by atoms with van der Waals surface area (Å²) in [6.07, 6.45) is 0. The van der Waals surface area contributed by atoms with E-state index >= 15 is 0 Å². The Morgan fingerprint density at radius 1 is 1.62 bits per heavy atom. The van der Waals surface area contributed by atoms with E-state index in [2.05, 4.69) is 0 Å². The van der Waals surface area contributed by atoms with Crippen LogP contribution in [0.4, 0.5) is 0 Å². The molecule has 0 amide bonds. The van der Waals surface area contributed by atoms with Crippen LogP contribution in [0.25, 0.3) is 0 Å². The molecule has 1 rings (SSSR count). The summed E-state index contributed by atoms with van der Waals surface area (Å²) in [5, 5.41) is 9.20. The van der Waals surface area contributed by atoms with Gasteiger partial charge in [-0.3, -0.25) is 4.79 Å². The average molecular weight is 244 g/mol. The molecule has 0 spiro atoms. The predicted octanol–water partition coefficient (Wildman–Crippen LogP) is 2.13. The van der Waals surface area contributed by atoms with Gasteiger partial charge in [-0.25, -0.2) is 0 Å². The predicted molar refractivity (Wildman–Crippen MR) is 61.9 cm³/mol. The summed E-state index contributed by atoms with van der Waals surface area (Å²) in [5.74, 6) is -0.536. The third-order valence-electron chi connectivity index (χ3n) is 2.22. The summed E-state index contributed by atoms with van der Waals surface area (Å²) in [6, 6.07) is 2.18. The molecule has 1 aromatic carbocycles. The monoisotopic (exact) mass is 243 g/mol. The lowest BCUT2D eigenvalue weighted by Crippen LogP contribution is -2.21. The molecule has 0 bridgehead atoms. The van der Waals surface area contributed by atoms with Crippen LogP contribution in [0.15, 0.2) is 12.1 Å². The number of rotatable bonds is 4. The molecule has 16 heavy (non-hydrogen) atoms. The molecule has 1 atom stereocenters. The van der Waals surface area contributed by atoms with Crippen LogP contribution in [-0.2, 0) is 4.79 Å². The minimum absolute atomic E-state index is 0.374. The number of carboxylic acid groups (broad SMARTS) is 1. The van der Waals surface area contributed by atoms with Crippen molar-refractivity contribution in [1.29, 1.82) is 0 Å². The molecule has 4 nitrogen and oxygen atoms in total. The number of hydrogen-bond donors (Lipinski definition) is 2. The maximum Gasteiger partial charge on any atom is 0.325 e. The van der Waals surface area contributed by atoms with E-state index in [4.69, 9.17) is 27.2 Å². The third-order valence-corrected chi connectivity index (χ3v) is 2.52. The van der Waals surface area contributed by atoms with E-state index < -0.39 is 12.0 Å². The van der Waals surface area contributed by atoms with Crippen molar-refractivity contribution in [2.75, 3.05) is 6.61 Å². The molecular weight excluding hydrogens is 230 g/mol. The highest BCUT2D eigenvalue weighted by atomic mass is 35.5. The second kappa shape index (κ2) is 5.18. The molecule has 0 heterocycles. The zero-order chi connectivity index (χ0) is 12.3. The lowest BCUT2D eigenvalue weighted by molar-refractivity contribution is -0.138. The summed E-state index contributed by atoms with van der Waals surface area (Å²) < 4.78 is 5.29. The van der Waals surface area contributed by atoms with E-state index in [1.54, 1.807) is 19.1 Å². The Hall–Kier alpha value is -1.26. The highest BCUT2D eigenvalue weighted by molar-refractivity contribution is 6.32. The van der Waals surface area contributed by atoms with Gasteiger partial charge in [0.05, 0.1) is 11.6 Å².